The Balaban J connectivity index is 2.02. The van der Waals surface area contributed by atoms with Crippen molar-refractivity contribution in [2.75, 3.05) is 6.61 Å². The molecule has 0 amide bonds. The van der Waals surface area contributed by atoms with E-state index in [1.165, 1.54) is 0 Å². The van der Waals surface area contributed by atoms with E-state index in [1.54, 1.807) is 13.8 Å². The number of esters is 1. The fraction of sp³-hybridized carbons (Fsp3) is 0.474. The van der Waals surface area contributed by atoms with Gasteiger partial charge in [-0.3, -0.25) is 0 Å². The molecule has 0 saturated heterocycles. The van der Waals surface area contributed by atoms with Gasteiger partial charge in [0.1, 0.15) is 11.3 Å². The van der Waals surface area contributed by atoms with Crippen LogP contribution in [-0.4, -0.2) is 18.7 Å². The number of hydrogen-bond donors (Lipinski definition) is 0. The van der Waals surface area contributed by atoms with E-state index in [9.17, 15) is 9.59 Å². The van der Waals surface area contributed by atoms with Crippen molar-refractivity contribution in [2.45, 2.75) is 52.6 Å². The lowest BCUT2D eigenvalue weighted by molar-refractivity contribution is -0.150. The molecule has 1 aliphatic rings. The highest BCUT2D eigenvalue weighted by atomic mass is 16.6. The second-order valence-electron chi connectivity index (χ2n) is 6.13. The van der Waals surface area contributed by atoms with Crippen LogP contribution in [0.5, 0.6) is 5.75 Å². The molecule has 5 heteroatoms. The third-order valence-electron chi connectivity index (χ3n) is 4.51. The normalized spacial score (nSPS) is 15.0. The lowest BCUT2D eigenvalue weighted by Gasteiger charge is -2.19. The van der Waals surface area contributed by atoms with Crippen molar-refractivity contribution in [3.8, 4) is 5.75 Å². The van der Waals surface area contributed by atoms with Crippen LogP contribution in [0.1, 0.15) is 43.4 Å². The largest absolute Gasteiger partial charge is 0.479 e. The molecule has 0 N–H and O–H groups in total. The van der Waals surface area contributed by atoms with Gasteiger partial charge in [0.25, 0.3) is 0 Å². The molecular formula is C19H22O5. The smallest absolute Gasteiger partial charge is 0.347 e. The Morgan fingerprint density at radius 1 is 1.25 bits per heavy atom. The minimum absolute atomic E-state index is 0.254. The summed E-state index contributed by atoms with van der Waals surface area (Å²) in [6, 6.07) is 3.75. The molecule has 1 atom stereocenters. The van der Waals surface area contributed by atoms with E-state index in [2.05, 4.69) is 0 Å². The van der Waals surface area contributed by atoms with Crippen LogP contribution < -0.4 is 10.4 Å². The first-order chi connectivity index (χ1) is 11.5. The van der Waals surface area contributed by atoms with Crippen LogP contribution in [-0.2, 0) is 22.4 Å². The van der Waals surface area contributed by atoms with Gasteiger partial charge in [-0.05, 0) is 64.2 Å². The van der Waals surface area contributed by atoms with E-state index in [4.69, 9.17) is 13.9 Å². The van der Waals surface area contributed by atoms with Gasteiger partial charge in [-0.2, -0.15) is 0 Å². The maximum absolute atomic E-state index is 12.3. The molecular weight excluding hydrogens is 308 g/mol. The Morgan fingerprint density at radius 3 is 2.67 bits per heavy atom. The number of hydrogen-bond acceptors (Lipinski definition) is 5. The number of fused-ring (bicyclic) bond motifs is 3. The molecule has 0 spiro atoms. The first kappa shape index (κ1) is 16.6. The fourth-order valence-corrected chi connectivity index (χ4v) is 3.25. The molecule has 1 aromatic carbocycles. The first-order valence-corrected chi connectivity index (χ1v) is 8.44. The molecule has 0 aliphatic heterocycles. The minimum Gasteiger partial charge on any atom is -0.479 e. The Labute approximate surface area is 140 Å². The number of benzene rings is 1. The van der Waals surface area contributed by atoms with Crippen molar-refractivity contribution in [2.24, 2.45) is 0 Å². The summed E-state index contributed by atoms with van der Waals surface area (Å²) in [4.78, 5) is 24.0. The van der Waals surface area contributed by atoms with Gasteiger partial charge in [0.15, 0.2) is 6.10 Å². The Bertz CT molecular complexity index is 834. The molecule has 1 aromatic heterocycles. The van der Waals surface area contributed by atoms with Gasteiger partial charge in [-0.1, -0.05) is 0 Å². The van der Waals surface area contributed by atoms with Crippen molar-refractivity contribution in [1.82, 2.24) is 0 Å². The number of aryl methyl sites for hydroxylation is 2. The average Bonchev–Trinajstić information content (AvgIpc) is 2.58. The van der Waals surface area contributed by atoms with E-state index in [-0.39, 0.29) is 5.63 Å². The second kappa shape index (κ2) is 6.67. The molecule has 5 nitrogen and oxygen atoms in total. The molecule has 0 bridgehead atoms. The van der Waals surface area contributed by atoms with Crippen molar-refractivity contribution in [3.05, 3.63) is 39.2 Å². The maximum atomic E-state index is 12.3. The van der Waals surface area contributed by atoms with Crippen LogP contribution in [0, 0.1) is 6.92 Å². The molecule has 2 aromatic rings. The quantitative estimate of drug-likeness (QED) is 0.635. The van der Waals surface area contributed by atoms with Crippen molar-refractivity contribution in [1.29, 1.82) is 0 Å². The number of carbonyl (C=O) groups is 1. The topological polar surface area (TPSA) is 65.7 Å². The Morgan fingerprint density at radius 2 is 1.96 bits per heavy atom. The predicted octanol–water partition coefficient (Wildman–Crippen LogP) is 3.31. The summed E-state index contributed by atoms with van der Waals surface area (Å²) in [7, 11) is 0. The summed E-state index contributed by atoms with van der Waals surface area (Å²) in [5, 5.41) is 0.970. The molecule has 128 valence electrons. The van der Waals surface area contributed by atoms with Gasteiger partial charge in [0, 0.05) is 16.5 Å². The fourth-order valence-electron chi connectivity index (χ4n) is 3.25. The Kier molecular flexibility index (Phi) is 4.60. The van der Waals surface area contributed by atoms with E-state index in [1.807, 2.05) is 19.1 Å². The van der Waals surface area contributed by atoms with Gasteiger partial charge in [0.2, 0.25) is 0 Å². The average molecular weight is 330 g/mol. The highest BCUT2D eigenvalue weighted by Gasteiger charge is 2.22. The van der Waals surface area contributed by atoms with Gasteiger partial charge in [-0.15, -0.1) is 0 Å². The van der Waals surface area contributed by atoms with Crippen LogP contribution in [0.3, 0.4) is 0 Å². The zero-order chi connectivity index (χ0) is 17.3. The van der Waals surface area contributed by atoms with Gasteiger partial charge in [0.05, 0.1) is 6.61 Å². The third kappa shape index (κ3) is 2.90. The Hall–Kier alpha value is -2.30. The number of ether oxygens (including phenoxy) is 2. The molecule has 0 unspecified atom stereocenters. The molecule has 0 saturated carbocycles. The third-order valence-corrected chi connectivity index (χ3v) is 4.51. The summed E-state index contributed by atoms with van der Waals surface area (Å²) >= 11 is 0. The van der Waals surface area contributed by atoms with Crippen molar-refractivity contribution < 1.29 is 18.7 Å². The molecule has 0 fully saturated rings. The summed E-state index contributed by atoms with van der Waals surface area (Å²) in [6.45, 7) is 5.55. The van der Waals surface area contributed by atoms with Gasteiger partial charge >= 0.3 is 11.6 Å². The lowest BCUT2D eigenvalue weighted by atomic mass is 9.90. The predicted molar refractivity (Wildman–Crippen MR) is 90.6 cm³/mol. The van der Waals surface area contributed by atoms with Crippen LogP contribution in [0.2, 0.25) is 0 Å². The summed E-state index contributed by atoms with van der Waals surface area (Å²) < 4.78 is 16.2. The number of carbonyl (C=O) groups excluding carboxylic acids is 1. The molecule has 3 rings (SSSR count). The summed E-state index contributed by atoms with van der Waals surface area (Å²) in [5.74, 6) is 0.117. The van der Waals surface area contributed by atoms with E-state index < -0.39 is 12.1 Å². The molecule has 1 aliphatic carbocycles. The highest BCUT2D eigenvalue weighted by Crippen LogP contribution is 2.32. The van der Waals surface area contributed by atoms with Crippen LogP contribution >= 0.6 is 0 Å². The van der Waals surface area contributed by atoms with Crippen molar-refractivity contribution >= 4 is 16.9 Å². The monoisotopic (exact) mass is 330 g/mol. The molecule has 24 heavy (non-hydrogen) atoms. The molecule has 0 radical (unpaired) electrons. The lowest BCUT2D eigenvalue weighted by Crippen LogP contribution is -2.26. The zero-order valence-electron chi connectivity index (χ0n) is 14.3. The van der Waals surface area contributed by atoms with Gasteiger partial charge < -0.3 is 13.9 Å². The standard InChI is InChI=1S/C19H22O5/c1-4-22-18(20)12(3)23-16-10-9-14-13-7-5-6-8-15(13)19(21)24-17(14)11(16)2/h9-10,12H,4-8H2,1-3H3/t12-/m0/s1. The van der Waals surface area contributed by atoms with Crippen molar-refractivity contribution in [3.63, 3.8) is 0 Å². The summed E-state index contributed by atoms with van der Waals surface area (Å²) in [5.41, 5.74) is 2.93. The SMILES string of the molecule is CCOC(=O)[C@H](C)Oc1ccc2c3c(c(=O)oc2c1C)CCCC3. The molecule has 1 heterocycles. The van der Waals surface area contributed by atoms with Crippen LogP contribution in [0.4, 0.5) is 0 Å². The van der Waals surface area contributed by atoms with Crippen LogP contribution in [0.15, 0.2) is 21.3 Å². The first-order valence-electron chi connectivity index (χ1n) is 8.44. The van der Waals surface area contributed by atoms with Gasteiger partial charge in [-0.25, -0.2) is 9.59 Å². The van der Waals surface area contributed by atoms with Crippen LogP contribution in [0.25, 0.3) is 11.0 Å². The van der Waals surface area contributed by atoms with E-state index in [0.29, 0.717) is 17.9 Å². The summed E-state index contributed by atoms with van der Waals surface area (Å²) in [6.07, 6.45) is 3.08. The second-order valence-corrected chi connectivity index (χ2v) is 6.13. The maximum Gasteiger partial charge on any atom is 0.347 e. The number of rotatable bonds is 4. The van der Waals surface area contributed by atoms with E-state index in [0.717, 1.165) is 47.8 Å². The highest BCUT2D eigenvalue weighted by molar-refractivity contribution is 5.86. The zero-order valence-corrected chi connectivity index (χ0v) is 14.3. The minimum atomic E-state index is -0.717. The van der Waals surface area contributed by atoms with E-state index >= 15 is 0 Å².